The molecule has 0 saturated heterocycles. The number of ether oxygens (including phenoxy) is 1. The smallest absolute Gasteiger partial charge is 0.144 e. The van der Waals surface area contributed by atoms with Crippen LogP contribution in [0, 0.1) is 5.41 Å². The van der Waals surface area contributed by atoms with Crippen molar-refractivity contribution in [1.29, 1.82) is 0 Å². The van der Waals surface area contributed by atoms with Crippen LogP contribution in [0.5, 0.6) is 0 Å². The van der Waals surface area contributed by atoms with Crippen LogP contribution in [0.4, 0.5) is 0 Å². The zero-order chi connectivity index (χ0) is 13.6. The third kappa shape index (κ3) is 3.59. The Labute approximate surface area is 118 Å². The molecule has 0 aliphatic heterocycles. The molecule has 1 unspecified atom stereocenters. The zero-order valence-corrected chi connectivity index (χ0v) is 12.6. The second kappa shape index (κ2) is 7.42. The van der Waals surface area contributed by atoms with Crippen molar-refractivity contribution in [3.8, 4) is 0 Å². The number of hydrogen-bond acceptors (Lipinski definition) is 2. The Morgan fingerprint density at radius 1 is 1.05 bits per heavy atom. The molecule has 0 aromatic rings. The molecule has 2 rings (SSSR count). The standard InChI is InChI=1S/C17H30O2/c1-2-3-4-7-10-13-19-16-14-15(18)17(16)11-8-5-6-9-12-17/h16H,2-14H2,1H3. The molecule has 0 bridgehead atoms. The first-order valence-corrected chi connectivity index (χ1v) is 8.44. The highest BCUT2D eigenvalue weighted by molar-refractivity contribution is 5.92. The maximum atomic E-state index is 12.1. The van der Waals surface area contributed by atoms with Crippen molar-refractivity contribution in [2.24, 2.45) is 5.41 Å². The van der Waals surface area contributed by atoms with Gasteiger partial charge in [-0.15, -0.1) is 0 Å². The zero-order valence-electron chi connectivity index (χ0n) is 12.6. The van der Waals surface area contributed by atoms with Crippen molar-refractivity contribution in [3.63, 3.8) is 0 Å². The SMILES string of the molecule is CCCCCCCOC1CC(=O)C12CCCCCC2. The first-order valence-electron chi connectivity index (χ1n) is 8.44. The average Bonchev–Trinajstić information content (AvgIpc) is 2.69. The minimum atomic E-state index is -0.0556. The van der Waals surface area contributed by atoms with Crippen molar-refractivity contribution in [3.05, 3.63) is 0 Å². The van der Waals surface area contributed by atoms with Crippen molar-refractivity contribution in [1.82, 2.24) is 0 Å². The van der Waals surface area contributed by atoms with E-state index in [0.29, 0.717) is 12.2 Å². The molecular weight excluding hydrogens is 236 g/mol. The Kier molecular flexibility index (Phi) is 5.87. The third-order valence-corrected chi connectivity index (χ3v) is 5.11. The second-order valence-electron chi connectivity index (χ2n) is 6.47. The predicted molar refractivity (Wildman–Crippen MR) is 78.3 cm³/mol. The van der Waals surface area contributed by atoms with Crippen molar-refractivity contribution in [2.75, 3.05) is 6.61 Å². The van der Waals surface area contributed by atoms with Crippen LogP contribution in [-0.2, 0) is 9.53 Å². The summed E-state index contributed by atoms with van der Waals surface area (Å²) in [6, 6.07) is 0. The molecule has 2 fully saturated rings. The number of Topliss-reactive ketones (excluding diaryl/α,β-unsaturated/α-hetero) is 1. The molecule has 2 saturated carbocycles. The fraction of sp³-hybridized carbons (Fsp3) is 0.941. The molecule has 2 aliphatic rings. The lowest BCUT2D eigenvalue weighted by Gasteiger charge is -2.47. The van der Waals surface area contributed by atoms with Gasteiger partial charge in [-0.05, 0) is 19.3 Å². The van der Waals surface area contributed by atoms with Gasteiger partial charge in [0.15, 0.2) is 0 Å². The van der Waals surface area contributed by atoms with Crippen LogP contribution in [0.2, 0.25) is 0 Å². The van der Waals surface area contributed by atoms with Crippen molar-refractivity contribution >= 4 is 5.78 Å². The number of carbonyl (C=O) groups is 1. The van der Waals surface area contributed by atoms with Crippen LogP contribution < -0.4 is 0 Å². The van der Waals surface area contributed by atoms with E-state index < -0.39 is 0 Å². The van der Waals surface area contributed by atoms with E-state index in [1.54, 1.807) is 0 Å². The summed E-state index contributed by atoms with van der Waals surface area (Å²) in [5.74, 6) is 0.491. The molecule has 1 spiro atoms. The van der Waals surface area contributed by atoms with Gasteiger partial charge in [-0.25, -0.2) is 0 Å². The number of carbonyl (C=O) groups excluding carboxylic acids is 1. The third-order valence-electron chi connectivity index (χ3n) is 5.11. The van der Waals surface area contributed by atoms with Crippen LogP contribution in [-0.4, -0.2) is 18.5 Å². The van der Waals surface area contributed by atoms with Gasteiger partial charge in [-0.3, -0.25) is 4.79 Å². The maximum Gasteiger partial charge on any atom is 0.144 e. The summed E-state index contributed by atoms with van der Waals surface area (Å²) in [6.07, 6.45) is 14.6. The van der Waals surface area contributed by atoms with Crippen molar-refractivity contribution < 1.29 is 9.53 Å². The van der Waals surface area contributed by atoms with E-state index in [1.165, 1.54) is 57.8 Å². The van der Waals surface area contributed by atoms with Gasteiger partial charge in [0.25, 0.3) is 0 Å². The topological polar surface area (TPSA) is 26.3 Å². The molecule has 0 aromatic carbocycles. The van der Waals surface area contributed by atoms with Gasteiger partial charge in [0, 0.05) is 13.0 Å². The molecule has 0 radical (unpaired) electrons. The first-order chi connectivity index (χ1) is 9.29. The maximum absolute atomic E-state index is 12.1. The predicted octanol–water partition coefficient (Wildman–Crippen LogP) is 4.66. The molecule has 2 aliphatic carbocycles. The molecule has 2 heteroatoms. The molecule has 110 valence electrons. The van der Waals surface area contributed by atoms with Gasteiger partial charge in [0.2, 0.25) is 0 Å². The van der Waals surface area contributed by atoms with Crippen LogP contribution in [0.15, 0.2) is 0 Å². The van der Waals surface area contributed by atoms with Crippen LogP contribution in [0.3, 0.4) is 0 Å². The fourth-order valence-corrected chi connectivity index (χ4v) is 3.73. The number of ketones is 1. The summed E-state index contributed by atoms with van der Waals surface area (Å²) in [4.78, 5) is 12.1. The molecule has 1 atom stereocenters. The Balaban J connectivity index is 1.70. The normalized spacial score (nSPS) is 26.2. The average molecular weight is 266 g/mol. The lowest BCUT2D eigenvalue weighted by atomic mass is 9.60. The molecule has 0 N–H and O–H groups in total. The summed E-state index contributed by atoms with van der Waals surface area (Å²) >= 11 is 0. The van der Waals surface area contributed by atoms with E-state index in [-0.39, 0.29) is 11.5 Å². The summed E-state index contributed by atoms with van der Waals surface area (Å²) in [7, 11) is 0. The van der Waals surface area contributed by atoms with E-state index in [0.717, 1.165) is 19.4 Å². The minimum Gasteiger partial charge on any atom is -0.377 e. The summed E-state index contributed by atoms with van der Waals surface area (Å²) in [5.41, 5.74) is -0.0556. The lowest BCUT2D eigenvalue weighted by Crippen LogP contribution is -2.55. The molecule has 0 aromatic heterocycles. The molecule has 19 heavy (non-hydrogen) atoms. The Morgan fingerprint density at radius 2 is 1.74 bits per heavy atom. The summed E-state index contributed by atoms with van der Waals surface area (Å²) in [6.45, 7) is 3.11. The molecule has 0 amide bonds. The highest BCUT2D eigenvalue weighted by atomic mass is 16.5. The van der Waals surface area contributed by atoms with Gasteiger partial charge >= 0.3 is 0 Å². The number of unbranched alkanes of at least 4 members (excludes halogenated alkanes) is 4. The lowest BCUT2D eigenvalue weighted by molar-refractivity contribution is -0.166. The van der Waals surface area contributed by atoms with Crippen LogP contribution in [0.1, 0.15) is 84.0 Å². The molecule has 2 nitrogen and oxygen atoms in total. The van der Waals surface area contributed by atoms with Gasteiger partial charge in [0.1, 0.15) is 5.78 Å². The highest BCUT2D eigenvalue weighted by Crippen LogP contribution is 2.49. The largest absolute Gasteiger partial charge is 0.377 e. The Morgan fingerprint density at radius 3 is 2.37 bits per heavy atom. The van der Waals surface area contributed by atoms with Gasteiger partial charge in [-0.1, -0.05) is 58.3 Å². The summed E-state index contributed by atoms with van der Waals surface area (Å²) < 4.78 is 6.06. The Hall–Kier alpha value is -0.370. The summed E-state index contributed by atoms with van der Waals surface area (Å²) in [5, 5.41) is 0. The van der Waals surface area contributed by atoms with Gasteiger partial charge in [0.05, 0.1) is 11.5 Å². The minimum absolute atomic E-state index is 0.0556. The molecule has 0 heterocycles. The first kappa shape index (κ1) is 15.0. The molecular formula is C17H30O2. The van der Waals surface area contributed by atoms with E-state index in [2.05, 4.69) is 6.92 Å². The van der Waals surface area contributed by atoms with Crippen LogP contribution >= 0.6 is 0 Å². The fourth-order valence-electron chi connectivity index (χ4n) is 3.73. The second-order valence-corrected chi connectivity index (χ2v) is 6.47. The van der Waals surface area contributed by atoms with Gasteiger partial charge < -0.3 is 4.74 Å². The van der Waals surface area contributed by atoms with Crippen molar-refractivity contribution in [2.45, 2.75) is 90.1 Å². The van der Waals surface area contributed by atoms with Gasteiger partial charge in [-0.2, -0.15) is 0 Å². The van der Waals surface area contributed by atoms with E-state index in [9.17, 15) is 4.79 Å². The van der Waals surface area contributed by atoms with E-state index in [1.807, 2.05) is 0 Å². The number of rotatable bonds is 7. The Bertz CT molecular complexity index is 277. The number of hydrogen-bond donors (Lipinski definition) is 0. The monoisotopic (exact) mass is 266 g/mol. The highest BCUT2D eigenvalue weighted by Gasteiger charge is 2.54. The van der Waals surface area contributed by atoms with E-state index >= 15 is 0 Å². The quantitative estimate of drug-likeness (QED) is 0.627. The van der Waals surface area contributed by atoms with Crippen LogP contribution in [0.25, 0.3) is 0 Å². The van der Waals surface area contributed by atoms with E-state index in [4.69, 9.17) is 4.74 Å².